The summed E-state index contributed by atoms with van der Waals surface area (Å²) in [6, 6.07) is 10.1. The van der Waals surface area contributed by atoms with Crippen LogP contribution < -0.4 is 9.47 Å². The van der Waals surface area contributed by atoms with Crippen molar-refractivity contribution in [3.63, 3.8) is 0 Å². The number of ether oxygens (including phenoxy) is 2. The molecule has 5 nitrogen and oxygen atoms in total. The molecule has 1 aliphatic carbocycles. The summed E-state index contributed by atoms with van der Waals surface area (Å²) in [5.41, 5.74) is 2.35. The topological polar surface area (TPSA) is 54.8 Å². The first-order valence-electron chi connectivity index (χ1n) is 10.2. The van der Waals surface area contributed by atoms with Crippen LogP contribution in [-0.4, -0.2) is 41.8 Å². The third-order valence-electron chi connectivity index (χ3n) is 6.38. The van der Waals surface area contributed by atoms with E-state index in [2.05, 4.69) is 22.0 Å². The zero-order valence-electron chi connectivity index (χ0n) is 17.0. The van der Waals surface area contributed by atoms with Gasteiger partial charge in [-0.3, -0.25) is 9.88 Å². The number of nitrogens with zero attached hydrogens (tertiary/aromatic N) is 2. The smallest absolute Gasteiger partial charge is 0.161 e. The van der Waals surface area contributed by atoms with Gasteiger partial charge in [0.05, 0.1) is 19.4 Å². The zero-order chi connectivity index (χ0) is 19.7. The van der Waals surface area contributed by atoms with Crippen molar-refractivity contribution in [2.45, 2.75) is 38.8 Å². The SMILES string of the molecule is CCOc1ccc(CN2C[C@@H]3CC[C@@](O)(c4ncccc4C)[C@@H]3C2)cc1OC. The van der Waals surface area contributed by atoms with Crippen molar-refractivity contribution in [1.82, 2.24) is 9.88 Å². The first-order chi connectivity index (χ1) is 13.5. The highest BCUT2D eigenvalue weighted by Gasteiger charge is 2.53. The van der Waals surface area contributed by atoms with Crippen LogP contribution in [0.15, 0.2) is 36.5 Å². The molecule has 1 aromatic carbocycles. The van der Waals surface area contributed by atoms with Gasteiger partial charge in [-0.05, 0) is 61.9 Å². The van der Waals surface area contributed by atoms with E-state index < -0.39 is 5.60 Å². The lowest BCUT2D eigenvalue weighted by Crippen LogP contribution is -2.36. The van der Waals surface area contributed by atoms with E-state index in [0.717, 1.165) is 55.2 Å². The minimum atomic E-state index is -0.804. The average molecular weight is 383 g/mol. The Balaban J connectivity index is 1.50. The molecule has 2 aromatic rings. The number of hydrogen-bond acceptors (Lipinski definition) is 5. The molecular weight excluding hydrogens is 352 g/mol. The van der Waals surface area contributed by atoms with Crippen LogP contribution in [0, 0.1) is 18.8 Å². The summed E-state index contributed by atoms with van der Waals surface area (Å²) in [6.07, 6.45) is 3.66. The number of likely N-dealkylation sites (tertiary alicyclic amines) is 1. The summed E-state index contributed by atoms with van der Waals surface area (Å²) in [5, 5.41) is 11.5. The fraction of sp³-hybridized carbons (Fsp3) is 0.522. The number of aromatic nitrogens is 1. The molecule has 1 saturated carbocycles. The Labute approximate surface area is 167 Å². The Bertz CT molecular complexity index is 840. The second kappa shape index (κ2) is 7.72. The highest BCUT2D eigenvalue weighted by atomic mass is 16.5. The Kier molecular flexibility index (Phi) is 5.30. The van der Waals surface area contributed by atoms with E-state index in [-0.39, 0.29) is 5.92 Å². The van der Waals surface area contributed by atoms with Gasteiger partial charge >= 0.3 is 0 Å². The van der Waals surface area contributed by atoms with Crippen LogP contribution >= 0.6 is 0 Å². The molecule has 2 fully saturated rings. The number of aryl methyl sites for hydroxylation is 1. The molecule has 1 saturated heterocycles. The maximum atomic E-state index is 11.5. The summed E-state index contributed by atoms with van der Waals surface area (Å²) >= 11 is 0. The van der Waals surface area contributed by atoms with Gasteiger partial charge in [-0.25, -0.2) is 0 Å². The fourth-order valence-corrected chi connectivity index (χ4v) is 5.09. The molecule has 0 bridgehead atoms. The van der Waals surface area contributed by atoms with E-state index in [4.69, 9.17) is 9.47 Å². The third kappa shape index (κ3) is 3.38. The van der Waals surface area contributed by atoms with Crippen molar-refractivity contribution in [3.05, 3.63) is 53.3 Å². The van der Waals surface area contributed by atoms with Crippen molar-refractivity contribution in [2.24, 2.45) is 11.8 Å². The van der Waals surface area contributed by atoms with Crippen molar-refractivity contribution >= 4 is 0 Å². The Morgan fingerprint density at radius 3 is 2.86 bits per heavy atom. The predicted molar refractivity (Wildman–Crippen MR) is 109 cm³/mol. The minimum absolute atomic E-state index is 0.241. The van der Waals surface area contributed by atoms with E-state index >= 15 is 0 Å². The first kappa shape index (κ1) is 19.2. The van der Waals surface area contributed by atoms with E-state index in [1.54, 1.807) is 13.3 Å². The van der Waals surface area contributed by atoms with Gasteiger partial charge < -0.3 is 14.6 Å². The van der Waals surface area contributed by atoms with Crippen LogP contribution in [0.1, 0.15) is 36.6 Å². The molecule has 150 valence electrons. The summed E-state index contributed by atoms with van der Waals surface area (Å²) < 4.78 is 11.1. The molecule has 0 radical (unpaired) electrons. The van der Waals surface area contributed by atoms with Crippen molar-refractivity contribution in [1.29, 1.82) is 0 Å². The maximum absolute atomic E-state index is 11.5. The molecule has 0 spiro atoms. The quantitative estimate of drug-likeness (QED) is 0.828. The molecule has 1 aromatic heterocycles. The number of benzene rings is 1. The molecule has 4 rings (SSSR count). The van der Waals surface area contributed by atoms with Gasteiger partial charge in [0, 0.05) is 31.7 Å². The second-order valence-corrected chi connectivity index (χ2v) is 8.11. The number of pyridine rings is 1. The van der Waals surface area contributed by atoms with Crippen molar-refractivity contribution < 1.29 is 14.6 Å². The molecule has 1 N–H and O–H groups in total. The average Bonchev–Trinajstić information content (AvgIpc) is 3.24. The monoisotopic (exact) mass is 382 g/mol. The molecule has 2 heterocycles. The lowest BCUT2D eigenvalue weighted by molar-refractivity contribution is -0.0114. The van der Waals surface area contributed by atoms with E-state index in [9.17, 15) is 5.11 Å². The van der Waals surface area contributed by atoms with Crippen molar-refractivity contribution in [2.75, 3.05) is 26.8 Å². The standard InChI is InChI=1S/C23H30N2O3/c1-4-28-20-8-7-17(12-21(20)27-3)13-25-14-18-9-10-23(26,19(18)15-25)22-16(2)6-5-11-24-22/h5-8,11-12,18-19,26H,4,9-10,13-15H2,1-3H3/t18-,19+,23-/m0/s1. The number of rotatable bonds is 6. The first-order valence-corrected chi connectivity index (χ1v) is 10.2. The number of aliphatic hydroxyl groups is 1. The Morgan fingerprint density at radius 2 is 2.11 bits per heavy atom. The van der Waals surface area contributed by atoms with E-state index in [1.807, 2.05) is 32.0 Å². The Hall–Kier alpha value is -2.11. The van der Waals surface area contributed by atoms with Gasteiger partial charge in [0.25, 0.3) is 0 Å². The van der Waals surface area contributed by atoms with Gasteiger partial charge in [0.15, 0.2) is 11.5 Å². The van der Waals surface area contributed by atoms with Gasteiger partial charge in [-0.2, -0.15) is 0 Å². The van der Waals surface area contributed by atoms with Gasteiger partial charge in [-0.15, -0.1) is 0 Å². The van der Waals surface area contributed by atoms with Crippen molar-refractivity contribution in [3.8, 4) is 11.5 Å². The van der Waals surface area contributed by atoms with Crippen LogP contribution in [-0.2, 0) is 12.1 Å². The number of hydrogen-bond donors (Lipinski definition) is 1. The molecule has 28 heavy (non-hydrogen) atoms. The largest absolute Gasteiger partial charge is 0.493 e. The van der Waals surface area contributed by atoms with Crippen LogP contribution in [0.2, 0.25) is 0 Å². The fourth-order valence-electron chi connectivity index (χ4n) is 5.09. The number of fused-ring (bicyclic) bond motifs is 1. The minimum Gasteiger partial charge on any atom is -0.493 e. The molecular formula is C23H30N2O3. The van der Waals surface area contributed by atoms with Gasteiger partial charge in [0.2, 0.25) is 0 Å². The van der Waals surface area contributed by atoms with Crippen LogP contribution in [0.3, 0.4) is 0 Å². The van der Waals surface area contributed by atoms with E-state index in [0.29, 0.717) is 12.5 Å². The summed E-state index contributed by atoms with van der Waals surface area (Å²) in [7, 11) is 1.68. The summed E-state index contributed by atoms with van der Waals surface area (Å²) in [6.45, 7) is 7.41. The van der Waals surface area contributed by atoms with E-state index in [1.165, 1.54) is 5.56 Å². The maximum Gasteiger partial charge on any atom is 0.161 e. The lowest BCUT2D eigenvalue weighted by atomic mass is 9.83. The second-order valence-electron chi connectivity index (χ2n) is 8.11. The highest BCUT2D eigenvalue weighted by Crippen LogP contribution is 2.50. The molecule has 1 aliphatic heterocycles. The van der Waals surface area contributed by atoms with Gasteiger partial charge in [-0.1, -0.05) is 12.1 Å². The molecule has 0 amide bonds. The van der Waals surface area contributed by atoms with Crippen LogP contribution in [0.4, 0.5) is 0 Å². The number of methoxy groups -OCH3 is 1. The predicted octanol–water partition coefficient (Wildman–Crippen LogP) is 3.53. The normalized spacial score (nSPS) is 27.0. The molecule has 0 unspecified atom stereocenters. The lowest BCUT2D eigenvalue weighted by Gasteiger charge is -2.31. The summed E-state index contributed by atoms with van der Waals surface area (Å²) in [4.78, 5) is 7.00. The third-order valence-corrected chi connectivity index (χ3v) is 6.38. The molecule has 5 heteroatoms. The molecule has 3 atom stereocenters. The van der Waals surface area contributed by atoms with Gasteiger partial charge in [0.1, 0.15) is 5.60 Å². The van der Waals surface area contributed by atoms with Crippen LogP contribution in [0.25, 0.3) is 0 Å². The zero-order valence-corrected chi connectivity index (χ0v) is 17.0. The highest BCUT2D eigenvalue weighted by molar-refractivity contribution is 5.43. The van der Waals surface area contributed by atoms with Crippen LogP contribution in [0.5, 0.6) is 11.5 Å². The summed E-state index contributed by atoms with van der Waals surface area (Å²) in [5.74, 6) is 2.33. The molecule has 2 aliphatic rings. The Morgan fingerprint density at radius 1 is 1.25 bits per heavy atom.